The summed E-state index contributed by atoms with van der Waals surface area (Å²) in [6.07, 6.45) is 5.82. The van der Waals surface area contributed by atoms with Gasteiger partial charge in [-0.1, -0.05) is 13.0 Å². The van der Waals surface area contributed by atoms with Crippen LogP contribution in [0.3, 0.4) is 0 Å². The average molecular weight is 235 g/mol. The van der Waals surface area contributed by atoms with Crippen LogP contribution >= 0.6 is 0 Å². The molecule has 1 aromatic heterocycles. The maximum absolute atomic E-state index is 11.2. The molecule has 0 radical (unpaired) electrons. The van der Waals surface area contributed by atoms with E-state index in [1.807, 2.05) is 11.0 Å². The van der Waals surface area contributed by atoms with E-state index in [9.17, 15) is 4.79 Å². The highest BCUT2D eigenvalue weighted by molar-refractivity contribution is 5.86. The fourth-order valence-electron chi connectivity index (χ4n) is 1.42. The zero-order valence-corrected chi connectivity index (χ0v) is 10.2. The van der Waals surface area contributed by atoms with Crippen LogP contribution in [0.1, 0.15) is 23.8 Å². The number of aromatic nitrogens is 2. The molecule has 0 unspecified atom stereocenters. The lowest BCUT2D eigenvalue weighted by molar-refractivity contribution is 0.0593. The molecule has 0 aliphatic carbocycles. The molecule has 0 saturated carbocycles. The molecule has 1 aromatic rings. The highest BCUT2D eigenvalue weighted by Crippen LogP contribution is 2.09. The second kappa shape index (κ2) is 6.62. The molecular formula is C12H17N3O2. The molecule has 0 N–H and O–H groups in total. The summed E-state index contributed by atoms with van der Waals surface area (Å²) in [5.74, 6) is 0.259. The molecule has 0 atom stereocenters. The van der Waals surface area contributed by atoms with Gasteiger partial charge in [-0.2, -0.15) is 0 Å². The summed E-state index contributed by atoms with van der Waals surface area (Å²) in [6, 6.07) is 0. The summed E-state index contributed by atoms with van der Waals surface area (Å²) >= 11 is 0. The Labute approximate surface area is 101 Å². The van der Waals surface area contributed by atoms with Gasteiger partial charge in [0.15, 0.2) is 5.69 Å². The normalized spacial score (nSPS) is 9.76. The van der Waals surface area contributed by atoms with Crippen LogP contribution in [0.2, 0.25) is 0 Å². The third-order valence-corrected chi connectivity index (χ3v) is 2.20. The highest BCUT2D eigenvalue weighted by Gasteiger charge is 2.10. The van der Waals surface area contributed by atoms with Gasteiger partial charge in [-0.25, -0.2) is 14.8 Å². The van der Waals surface area contributed by atoms with Crippen molar-refractivity contribution in [2.24, 2.45) is 0 Å². The molecule has 92 valence electrons. The summed E-state index contributed by atoms with van der Waals surface area (Å²) in [5.41, 5.74) is 0.214. The van der Waals surface area contributed by atoms with Crippen LogP contribution in [0.15, 0.2) is 25.0 Å². The van der Waals surface area contributed by atoms with Crippen molar-refractivity contribution in [2.45, 2.75) is 13.3 Å². The van der Waals surface area contributed by atoms with Crippen LogP contribution in [-0.2, 0) is 4.74 Å². The van der Waals surface area contributed by atoms with Gasteiger partial charge in [0.25, 0.3) is 0 Å². The van der Waals surface area contributed by atoms with Gasteiger partial charge in [0, 0.05) is 13.1 Å². The van der Waals surface area contributed by atoms with Crippen molar-refractivity contribution in [2.75, 3.05) is 25.1 Å². The Bertz CT molecular complexity index is 376. The van der Waals surface area contributed by atoms with E-state index < -0.39 is 5.97 Å². The Balaban J connectivity index is 2.83. The zero-order chi connectivity index (χ0) is 12.7. The molecule has 0 bridgehead atoms. The van der Waals surface area contributed by atoms with E-state index in [1.54, 1.807) is 6.20 Å². The molecule has 0 aliphatic heterocycles. The molecular weight excluding hydrogens is 218 g/mol. The number of rotatable bonds is 6. The summed E-state index contributed by atoms with van der Waals surface area (Å²) in [6.45, 7) is 7.37. The van der Waals surface area contributed by atoms with Gasteiger partial charge >= 0.3 is 5.97 Å². The number of hydrogen-bond acceptors (Lipinski definition) is 5. The Morgan fingerprint density at radius 1 is 1.53 bits per heavy atom. The van der Waals surface area contributed by atoms with E-state index in [0.29, 0.717) is 6.54 Å². The second-order valence-corrected chi connectivity index (χ2v) is 3.49. The van der Waals surface area contributed by atoms with E-state index in [4.69, 9.17) is 0 Å². The van der Waals surface area contributed by atoms with Crippen LogP contribution in [0.25, 0.3) is 0 Å². The minimum absolute atomic E-state index is 0.214. The number of carbonyl (C=O) groups is 1. The number of hydrogen-bond donors (Lipinski definition) is 0. The number of ether oxygens (including phenoxy) is 1. The summed E-state index contributed by atoms with van der Waals surface area (Å²) in [4.78, 5) is 21.5. The lowest BCUT2D eigenvalue weighted by Crippen LogP contribution is -2.25. The zero-order valence-electron chi connectivity index (χ0n) is 10.2. The van der Waals surface area contributed by atoms with Gasteiger partial charge in [0.1, 0.15) is 5.82 Å². The number of methoxy groups -OCH3 is 1. The van der Waals surface area contributed by atoms with Crippen LogP contribution in [0, 0.1) is 0 Å². The van der Waals surface area contributed by atoms with Crippen molar-refractivity contribution in [3.8, 4) is 0 Å². The minimum atomic E-state index is -0.477. The lowest BCUT2D eigenvalue weighted by Gasteiger charge is -2.20. The minimum Gasteiger partial charge on any atom is -0.464 e. The Morgan fingerprint density at radius 2 is 2.29 bits per heavy atom. The smallest absolute Gasteiger partial charge is 0.358 e. The molecule has 5 nitrogen and oxygen atoms in total. The fraction of sp³-hybridized carbons (Fsp3) is 0.417. The van der Waals surface area contributed by atoms with Crippen LogP contribution in [0.4, 0.5) is 5.82 Å². The quantitative estimate of drug-likeness (QED) is 0.554. The van der Waals surface area contributed by atoms with Crippen molar-refractivity contribution < 1.29 is 9.53 Å². The van der Waals surface area contributed by atoms with Gasteiger partial charge < -0.3 is 9.64 Å². The maximum atomic E-state index is 11.2. The predicted molar refractivity (Wildman–Crippen MR) is 66.1 cm³/mol. The molecule has 1 heterocycles. The number of carbonyl (C=O) groups excluding carboxylic acids is 1. The lowest BCUT2D eigenvalue weighted by atomic mass is 10.4. The first-order chi connectivity index (χ1) is 8.22. The maximum Gasteiger partial charge on any atom is 0.358 e. The van der Waals surface area contributed by atoms with Gasteiger partial charge in [-0.05, 0) is 6.42 Å². The number of anilines is 1. The van der Waals surface area contributed by atoms with Gasteiger partial charge in [0.05, 0.1) is 19.5 Å². The fourth-order valence-corrected chi connectivity index (χ4v) is 1.42. The van der Waals surface area contributed by atoms with Crippen molar-refractivity contribution in [3.05, 3.63) is 30.7 Å². The van der Waals surface area contributed by atoms with E-state index in [2.05, 4.69) is 28.2 Å². The van der Waals surface area contributed by atoms with E-state index in [-0.39, 0.29) is 5.69 Å². The van der Waals surface area contributed by atoms with Crippen LogP contribution in [0.5, 0.6) is 0 Å². The van der Waals surface area contributed by atoms with Gasteiger partial charge in [-0.3, -0.25) is 0 Å². The molecule has 1 rings (SSSR count). The molecule has 0 spiro atoms. The van der Waals surface area contributed by atoms with Gasteiger partial charge in [0.2, 0.25) is 0 Å². The summed E-state index contributed by atoms with van der Waals surface area (Å²) < 4.78 is 4.56. The Morgan fingerprint density at radius 3 is 2.76 bits per heavy atom. The predicted octanol–water partition coefficient (Wildman–Crippen LogP) is 1.67. The molecule has 0 amide bonds. The third kappa shape index (κ3) is 3.55. The van der Waals surface area contributed by atoms with Crippen LogP contribution in [-0.4, -0.2) is 36.1 Å². The van der Waals surface area contributed by atoms with Crippen molar-refractivity contribution in [1.82, 2.24) is 9.97 Å². The molecule has 0 saturated heterocycles. The monoisotopic (exact) mass is 235 g/mol. The van der Waals surface area contributed by atoms with Crippen molar-refractivity contribution in [1.29, 1.82) is 0 Å². The topological polar surface area (TPSA) is 55.3 Å². The highest BCUT2D eigenvalue weighted by atomic mass is 16.5. The van der Waals surface area contributed by atoms with Crippen molar-refractivity contribution >= 4 is 11.8 Å². The first-order valence-electron chi connectivity index (χ1n) is 5.49. The number of esters is 1. The van der Waals surface area contributed by atoms with Crippen LogP contribution < -0.4 is 4.90 Å². The number of nitrogens with zero attached hydrogens (tertiary/aromatic N) is 3. The van der Waals surface area contributed by atoms with Crippen molar-refractivity contribution in [3.63, 3.8) is 0 Å². The average Bonchev–Trinajstić information content (AvgIpc) is 2.38. The molecule has 0 aliphatic rings. The molecule has 17 heavy (non-hydrogen) atoms. The second-order valence-electron chi connectivity index (χ2n) is 3.49. The first kappa shape index (κ1) is 13.2. The third-order valence-electron chi connectivity index (χ3n) is 2.20. The first-order valence-corrected chi connectivity index (χ1v) is 5.49. The largest absolute Gasteiger partial charge is 0.464 e. The molecule has 5 heteroatoms. The standard InChI is InChI=1S/C12H17N3O2/c1-4-6-15(7-5-2)11-9-13-10(8-14-11)12(16)17-3/h4,8-9H,1,5-7H2,2-3H3. The summed E-state index contributed by atoms with van der Waals surface area (Å²) in [7, 11) is 1.32. The van der Waals surface area contributed by atoms with E-state index in [1.165, 1.54) is 13.3 Å². The molecule has 0 fully saturated rings. The van der Waals surface area contributed by atoms with Gasteiger partial charge in [-0.15, -0.1) is 6.58 Å². The molecule has 0 aromatic carbocycles. The van der Waals surface area contributed by atoms with E-state index >= 15 is 0 Å². The summed E-state index contributed by atoms with van der Waals surface area (Å²) in [5, 5.41) is 0. The Kier molecular flexibility index (Phi) is 5.13. The Hall–Kier alpha value is -1.91. The van der Waals surface area contributed by atoms with E-state index in [0.717, 1.165) is 18.8 Å². The SMILES string of the molecule is C=CCN(CCC)c1cnc(C(=O)OC)cn1.